The third kappa shape index (κ3) is 3.72. The van der Waals surface area contributed by atoms with E-state index in [1.807, 2.05) is 0 Å². The zero-order valence-corrected chi connectivity index (χ0v) is 15.9. The number of hydrogen-bond acceptors (Lipinski definition) is 6. The van der Waals surface area contributed by atoms with E-state index in [0.717, 1.165) is 45.1 Å². The quantitative estimate of drug-likeness (QED) is 0.504. The normalized spacial score (nSPS) is 11.1. The van der Waals surface area contributed by atoms with E-state index in [9.17, 15) is 23.1 Å². The lowest BCUT2D eigenvalue weighted by Gasteiger charge is -2.07. The van der Waals surface area contributed by atoms with Gasteiger partial charge in [0, 0.05) is 11.6 Å². The summed E-state index contributed by atoms with van der Waals surface area (Å²) in [7, 11) is 0. The van der Waals surface area contributed by atoms with Gasteiger partial charge in [0.25, 0.3) is 0 Å². The third-order valence-corrected chi connectivity index (χ3v) is 5.04. The molecule has 0 unspecified atom stereocenters. The molecular formula is C19H13F3N4O3S. The third-order valence-electron chi connectivity index (χ3n) is 4.24. The molecule has 2 heterocycles. The Labute approximate surface area is 171 Å². The highest BCUT2D eigenvalue weighted by atomic mass is 32.1. The second-order valence-electron chi connectivity index (χ2n) is 6.11. The van der Waals surface area contributed by atoms with Crippen molar-refractivity contribution >= 4 is 11.3 Å². The molecule has 7 nitrogen and oxygen atoms in total. The van der Waals surface area contributed by atoms with E-state index < -0.39 is 23.1 Å². The van der Waals surface area contributed by atoms with Crippen LogP contribution in [0.2, 0.25) is 0 Å². The summed E-state index contributed by atoms with van der Waals surface area (Å²) in [6, 6.07) is 7.11. The van der Waals surface area contributed by atoms with Gasteiger partial charge in [-0.15, -0.1) is 11.3 Å². The first-order valence-electron chi connectivity index (χ1n) is 8.56. The Balaban J connectivity index is 1.61. The van der Waals surface area contributed by atoms with Crippen LogP contribution in [0.4, 0.5) is 13.2 Å². The molecule has 0 atom stereocenters. The van der Waals surface area contributed by atoms with Crippen LogP contribution in [-0.4, -0.2) is 24.4 Å². The number of ether oxygens (including phenoxy) is 1. The van der Waals surface area contributed by atoms with Gasteiger partial charge in [0.2, 0.25) is 5.88 Å². The van der Waals surface area contributed by atoms with Crippen LogP contribution in [0.3, 0.4) is 0 Å². The van der Waals surface area contributed by atoms with E-state index in [2.05, 4.69) is 10.1 Å². The van der Waals surface area contributed by atoms with E-state index in [4.69, 9.17) is 4.74 Å². The van der Waals surface area contributed by atoms with Crippen molar-refractivity contribution in [3.63, 3.8) is 0 Å². The number of benzene rings is 2. The topological polar surface area (TPSA) is 82.2 Å². The molecule has 30 heavy (non-hydrogen) atoms. The number of nitrogens with zero attached hydrogens (tertiary/aromatic N) is 4. The van der Waals surface area contributed by atoms with E-state index in [1.165, 1.54) is 23.7 Å². The van der Waals surface area contributed by atoms with Crippen LogP contribution in [0.15, 0.2) is 53.0 Å². The molecule has 0 aliphatic carbocycles. The summed E-state index contributed by atoms with van der Waals surface area (Å²) < 4.78 is 49.4. The zero-order chi connectivity index (χ0) is 21.3. The van der Waals surface area contributed by atoms with Crippen molar-refractivity contribution in [1.82, 2.24) is 19.3 Å². The number of aliphatic hydroxyl groups excluding tert-OH is 1. The predicted molar refractivity (Wildman–Crippen MR) is 101 cm³/mol. The molecular weight excluding hydrogens is 421 g/mol. The molecule has 4 rings (SSSR count). The number of aliphatic hydroxyl groups is 1. The Morgan fingerprint density at radius 3 is 2.57 bits per heavy atom. The average Bonchev–Trinajstić information content (AvgIpc) is 3.32. The first-order chi connectivity index (χ1) is 14.5. The van der Waals surface area contributed by atoms with Crippen molar-refractivity contribution < 1.29 is 23.0 Å². The van der Waals surface area contributed by atoms with Gasteiger partial charge in [0.05, 0.1) is 29.2 Å². The molecule has 0 spiro atoms. The average molecular weight is 434 g/mol. The molecule has 0 aliphatic heterocycles. The van der Waals surface area contributed by atoms with Crippen LogP contribution in [-0.2, 0) is 13.2 Å². The molecule has 0 fully saturated rings. The number of rotatable bonds is 6. The monoisotopic (exact) mass is 434 g/mol. The summed E-state index contributed by atoms with van der Waals surface area (Å²) in [5.41, 5.74) is 0.570. The second-order valence-corrected chi connectivity index (χ2v) is 7.05. The molecule has 0 saturated carbocycles. The number of aromatic nitrogens is 4. The smallest absolute Gasteiger partial charge is 0.350 e. The van der Waals surface area contributed by atoms with Crippen molar-refractivity contribution in [3.8, 4) is 17.3 Å². The van der Waals surface area contributed by atoms with E-state index in [1.54, 1.807) is 0 Å². The highest BCUT2D eigenvalue weighted by Gasteiger charge is 2.16. The van der Waals surface area contributed by atoms with E-state index in [-0.39, 0.29) is 36.0 Å². The zero-order valence-electron chi connectivity index (χ0n) is 15.1. The van der Waals surface area contributed by atoms with Gasteiger partial charge < -0.3 is 9.84 Å². The number of hydrogen-bond donors (Lipinski definition) is 1. The SMILES string of the molecule is O=c1n(Cc2c(F)cccc2F)cnn1-c1ccc(Oc2ncsc2CO)c(F)c1. The van der Waals surface area contributed by atoms with Crippen LogP contribution in [0, 0.1) is 17.5 Å². The molecule has 0 amide bonds. The van der Waals surface area contributed by atoms with Gasteiger partial charge in [0.1, 0.15) is 18.0 Å². The fourth-order valence-corrected chi connectivity index (χ4v) is 3.28. The van der Waals surface area contributed by atoms with Gasteiger partial charge in [-0.1, -0.05) is 6.07 Å². The summed E-state index contributed by atoms with van der Waals surface area (Å²) >= 11 is 1.16. The number of thiazole rings is 1. The van der Waals surface area contributed by atoms with Crippen molar-refractivity contribution in [3.05, 3.63) is 86.6 Å². The maximum absolute atomic E-state index is 14.5. The van der Waals surface area contributed by atoms with Crippen molar-refractivity contribution in [2.75, 3.05) is 0 Å². The van der Waals surface area contributed by atoms with Crippen LogP contribution in [0.5, 0.6) is 11.6 Å². The van der Waals surface area contributed by atoms with Gasteiger partial charge >= 0.3 is 5.69 Å². The van der Waals surface area contributed by atoms with Gasteiger partial charge in [-0.3, -0.25) is 4.57 Å². The Kier molecular flexibility index (Phi) is 5.38. The standard InChI is InChI=1S/C19H13F3N4O3S/c20-13-2-1-3-14(21)12(13)7-25-9-24-26(19(25)28)11-4-5-16(15(22)6-11)29-18-17(8-27)30-10-23-18/h1-6,9-10,27H,7-8H2. The largest absolute Gasteiger partial charge is 0.435 e. The summed E-state index contributed by atoms with van der Waals surface area (Å²) in [5.74, 6) is -2.42. The summed E-state index contributed by atoms with van der Waals surface area (Å²) in [4.78, 5) is 16.9. The molecule has 1 N–H and O–H groups in total. The predicted octanol–water partition coefficient (Wildman–Crippen LogP) is 3.24. The lowest BCUT2D eigenvalue weighted by Crippen LogP contribution is -2.24. The highest BCUT2D eigenvalue weighted by Crippen LogP contribution is 2.29. The van der Waals surface area contributed by atoms with Gasteiger partial charge in [0.15, 0.2) is 11.6 Å². The van der Waals surface area contributed by atoms with Crippen LogP contribution < -0.4 is 10.4 Å². The summed E-state index contributed by atoms with van der Waals surface area (Å²) in [5, 5.41) is 13.1. The molecule has 4 aromatic rings. The van der Waals surface area contributed by atoms with Gasteiger partial charge in [-0.05, 0) is 24.3 Å². The van der Waals surface area contributed by atoms with Crippen LogP contribution in [0.25, 0.3) is 5.69 Å². The molecule has 2 aromatic carbocycles. The van der Waals surface area contributed by atoms with Crippen molar-refractivity contribution in [2.24, 2.45) is 0 Å². The first-order valence-corrected chi connectivity index (χ1v) is 9.44. The minimum atomic E-state index is -0.786. The fourth-order valence-electron chi connectivity index (χ4n) is 2.73. The minimum Gasteiger partial charge on any atom is -0.435 e. The maximum atomic E-state index is 14.5. The lowest BCUT2D eigenvalue weighted by atomic mass is 10.2. The summed E-state index contributed by atoms with van der Waals surface area (Å²) in [6.07, 6.45) is 1.11. The Morgan fingerprint density at radius 2 is 1.87 bits per heavy atom. The molecule has 0 aliphatic rings. The lowest BCUT2D eigenvalue weighted by molar-refractivity contribution is 0.279. The maximum Gasteiger partial charge on any atom is 0.350 e. The molecule has 11 heteroatoms. The Morgan fingerprint density at radius 1 is 1.10 bits per heavy atom. The van der Waals surface area contributed by atoms with Crippen LogP contribution in [0.1, 0.15) is 10.4 Å². The highest BCUT2D eigenvalue weighted by molar-refractivity contribution is 7.09. The minimum absolute atomic E-state index is 0.0857. The van der Waals surface area contributed by atoms with Crippen molar-refractivity contribution in [1.29, 1.82) is 0 Å². The molecule has 0 bridgehead atoms. The first kappa shape index (κ1) is 19.9. The summed E-state index contributed by atoms with van der Waals surface area (Å²) in [6.45, 7) is -0.663. The molecule has 0 saturated heterocycles. The van der Waals surface area contributed by atoms with E-state index in [0.29, 0.717) is 4.88 Å². The molecule has 0 radical (unpaired) electrons. The van der Waals surface area contributed by atoms with E-state index >= 15 is 0 Å². The second kappa shape index (κ2) is 8.13. The Hall–Kier alpha value is -3.44. The van der Waals surface area contributed by atoms with Gasteiger partial charge in [-0.25, -0.2) is 22.9 Å². The molecule has 154 valence electrons. The van der Waals surface area contributed by atoms with Gasteiger partial charge in [-0.2, -0.15) is 9.78 Å². The Bertz CT molecular complexity index is 1250. The molecule has 2 aromatic heterocycles. The van der Waals surface area contributed by atoms with Crippen LogP contribution >= 0.6 is 11.3 Å². The fraction of sp³-hybridized carbons (Fsp3) is 0.105. The number of halogens is 3. The van der Waals surface area contributed by atoms with Crippen molar-refractivity contribution in [2.45, 2.75) is 13.2 Å².